The minimum absolute atomic E-state index is 1.05. The van der Waals surface area contributed by atoms with E-state index in [1.54, 1.807) is 0 Å². The van der Waals surface area contributed by atoms with E-state index in [4.69, 9.17) is 0 Å². The van der Waals surface area contributed by atoms with Gasteiger partial charge in [-0.05, 0) is 183 Å². The quantitative estimate of drug-likeness (QED) is 0.119. The van der Waals surface area contributed by atoms with Crippen LogP contribution in [0.4, 0.5) is 34.1 Å². The summed E-state index contributed by atoms with van der Waals surface area (Å²) >= 11 is 1.89. The molecule has 0 aliphatic carbocycles. The lowest BCUT2D eigenvalue weighted by molar-refractivity contribution is 1.28. The molecule has 1 aromatic heterocycles. The Balaban J connectivity index is 0.787. The second-order valence-electron chi connectivity index (χ2n) is 23.2. The zero-order chi connectivity index (χ0) is 58.8. The van der Waals surface area contributed by atoms with Gasteiger partial charge in [-0.1, -0.05) is 261 Å². The molecule has 0 radical (unpaired) electrons. The highest BCUT2D eigenvalue weighted by Crippen LogP contribution is 2.47. The van der Waals surface area contributed by atoms with Gasteiger partial charge in [-0.3, -0.25) is 0 Å². The molecular weight excluding hydrogens is 1090 g/mol. The molecule has 0 N–H and O–H groups in total. The van der Waals surface area contributed by atoms with Crippen LogP contribution in [0.5, 0.6) is 0 Å². The molecule has 0 saturated carbocycles. The topological polar surface area (TPSA) is 6.48 Å². The van der Waals surface area contributed by atoms with E-state index >= 15 is 0 Å². The van der Waals surface area contributed by atoms with Gasteiger partial charge in [0.25, 0.3) is 0 Å². The van der Waals surface area contributed by atoms with E-state index in [-0.39, 0.29) is 0 Å². The number of fused-ring (bicyclic) bond motifs is 10. The number of para-hydroxylation sites is 1. The Kier molecular flexibility index (Phi) is 12.8. The third kappa shape index (κ3) is 9.35. The molecule has 0 amide bonds. The predicted molar refractivity (Wildman–Crippen MR) is 383 cm³/mol. The van der Waals surface area contributed by atoms with Crippen molar-refractivity contribution >= 4 is 119 Å². The summed E-state index contributed by atoms with van der Waals surface area (Å²) in [4.78, 5) is 4.86. The summed E-state index contributed by atoms with van der Waals surface area (Å²) in [6.07, 6.45) is 0. The van der Waals surface area contributed by atoms with Gasteiger partial charge in [-0.15, -0.1) is 11.3 Å². The van der Waals surface area contributed by atoms with Crippen molar-refractivity contribution in [3.63, 3.8) is 0 Å². The molecule has 17 rings (SSSR count). The molecule has 2 nitrogen and oxygen atoms in total. The first kappa shape index (κ1) is 52.0. The average Bonchev–Trinajstić information content (AvgIpc) is 2.70. The van der Waals surface area contributed by atoms with E-state index in [0.29, 0.717) is 0 Å². The van der Waals surface area contributed by atoms with Crippen LogP contribution >= 0.6 is 11.3 Å². The average molecular weight is 1150 g/mol. The molecule has 0 aliphatic heterocycles. The number of hydrogen-bond acceptors (Lipinski definition) is 3. The van der Waals surface area contributed by atoms with E-state index in [2.05, 4.69) is 350 Å². The normalized spacial score (nSPS) is 11.6. The standard InChI is InChI=1S/C86H56N2S/c1-2-19-65-53-67(39-35-57(65)15-1)66-21-11-24-73(54-66)88(74-50-52-78-69(56-74)40-38-61-17-4-7-26-76(61)78)83-31-10-9-27-79(83)68-22-12-23-72(55-68)87(70-46-41-59(42-47-70)58-33-36-63(37-34-58)77-29-13-20-60-16-3-6-25-75(60)77)71-48-43-64(44-49-71)80-30-14-32-84-85(80)82-51-45-62-18-5-8-28-81(62)86(82)89-84/h1-56H. The molecule has 0 saturated heterocycles. The van der Waals surface area contributed by atoms with E-state index in [1.165, 1.54) is 107 Å². The third-order valence-electron chi connectivity index (χ3n) is 18.0. The van der Waals surface area contributed by atoms with Crippen LogP contribution < -0.4 is 9.80 Å². The van der Waals surface area contributed by atoms with Gasteiger partial charge in [0.1, 0.15) is 0 Å². The van der Waals surface area contributed by atoms with Gasteiger partial charge in [0, 0.05) is 54.2 Å². The van der Waals surface area contributed by atoms with Gasteiger partial charge in [-0.25, -0.2) is 0 Å². The predicted octanol–water partition coefficient (Wildman–Crippen LogP) is 25.1. The molecule has 0 fully saturated rings. The van der Waals surface area contributed by atoms with Crippen molar-refractivity contribution in [3.8, 4) is 55.6 Å². The second-order valence-corrected chi connectivity index (χ2v) is 24.2. The number of rotatable bonds is 11. The maximum atomic E-state index is 2.45. The SMILES string of the molecule is c1cc(-c2ccccc2N(c2cccc(-c3ccc4ccccc4c3)c2)c2ccc3c(ccc4ccccc43)c2)cc(N(c2ccc(-c3ccc(-c4cccc5ccccc45)cc3)cc2)c2ccc(-c3cccc4sc5c6ccccc6ccc5c34)cc2)c1. The van der Waals surface area contributed by atoms with Crippen molar-refractivity contribution in [2.45, 2.75) is 0 Å². The first-order valence-corrected chi connectivity index (χ1v) is 31.3. The third-order valence-corrected chi connectivity index (χ3v) is 19.2. The Morgan fingerprint density at radius 1 is 0.202 bits per heavy atom. The zero-order valence-corrected chi connectivity index (χ0v) is 49.5. The molecule has 0 spiro atoms. The number of hydrogen-bond donors (Lipinski definition) is 0. The first-order valence-electron chi connectivity index (χ1n) is 30.5. The van der Waals surface area contributed by atoms with Crippen LogP contribution in [0.2, 0.25) is 0 Å². The summed E-state index contributed by atoms with van der Waals surface area (Å²) in [6.45, 7) is 0. The smallest absolute Gasteiger partial charge is 0.0540 e. The number of thiophene rings is 1. The molecule has 3 heteroatoms. The summed E-state index contributed by atoms with van der Waals surface area (Å²) in [5.41, 5.74) is 18.2. The maximum Gasteiger partial charge on any atom is 0.0540 e. The Hall–Kier alpha value is -11.4. The molecule has 89 heavy (non-hydrogen) atoms. The highest BCUT2D eigenvalue weighted by atomic mass is 32.1. The van der Waals surface area contributed by atoms with Gasteiger partial charge < -0.3 is 9.80 Å². The summed E-state index contributed by atoms with van der Waals surface area (Å²) in [5, 5.41) is 15.1. The van der Waals surface area contributed by atoms with Crippen LogP contribution in [0.3, 0.4) is 0 Å². The largest absolute Gasteiger partial charge is 0.310 e. The van der Waals surface area contributed by atoms with E-state index in [1.807, 2.05) is 11.3 Å². The monoisotopic (exact) mass is 1150 g/mol. The molecule has 416 valence electrons. The Labute approximate surface area is 521 Å². The Morgan fingerprint density at radius 3 is 1.44 bits per heavy atom. The van der Waals surface area contributed by atoms with Crippen LogP contribution in [0.25, 0.3) is 130 Å². The summed E-state index contributed by atoms with van der Waals surface area (Å²) in [6, 6.07) is 125. The van der Waals surface area contributed by atoms with Crippen molar-refractivity contribution in [2.75, 3.05) is 9.80 Å². The van der Waals surface area contributed by atoms with Crippen LogP contribution in [-0.2, 0) is 0 Å². The molecule has 16 aromatic carbocycles. The highest BCUT2D eigenvalue weighted by Gasteiger charge is 2.22. The van der Waals surface area contributed by atoms with Crippen LogP contribution in [0.1, 0.15) is 0 Å². The molecule has 0 aliphatic rings. The molecule has 17 aromatic rings. The highest BCUT2D eigenvalue weighted by molar-refractivity contribution is 7.26. The fourth-order valence-corrected chi connectivity index (χ4v) is 14.9. The van der Waals surface area contributed by atoms with Gasteiger partial charge in [0.2, 0.25) is 0 Å². The molecule has 0 bridgehead atoms. The van der Waals surface area contributed by atoms with Crippen LogP contribution in [0, 0.1) is 0 Å². The molecule has 1 heterocycles. The minimum Gasteiger partial charge on any atom is -0.310 e. The lowest BCUT2D eigenvalue weighted by Crippen LogP contribution is -2.12. The fourth-order valence-electron chi connectivity index (χ4n) is 13.6. The van der Waals surface area contributed by atoms with E-state index in [0.717, 1.165) is 56.4 Å². The van der Waals surface area contributed by atoms with Crippen molar-refractivity contribution in [2.24, 2.45) is 0 Å². The van der Waals surface area contributed by atoms with E-state index < -0.39 is 0 Å². The van der Waals surface area contributed by atoms with Gasteiger partial charge >= 0.3 is 0 Å². The van der Waals surface area contributed by atoms with Crippen LogP contribution in [-0.4, -0.2) is 0 Å². The van der Waals surface area contributed by atoms with Gasteiger partial charge in [0.15, 0.2) is 0 Å². The minimum atomic E-state index is 1.05. The molecular formula is C86H56N2S. The lowest BCUT2D eigenvalue weighted by atomic mass is 9.96. The summed E-state index contributed by atoms with van der Waals surface area (Å²) in [7, 11) is 0. The van der Waals surface area contributed by atoms with Crippen molar-refractivity contribution in [1.29, 1.82) is 0 Å². The number of benzene rings is 16. The van der Waals surface area contributed by atoms with Crippen molar-refractivity contribution in [1.82, 2.24) is 0 Å². The first-order chi connectivity index (χ1) is 44.1. The number of anilines is 6. The van der Waals surface area contributed by atoms with Gasteiger partial charge in [-0.2, -0.15) is 0 Å². The van der Waals surface area contributed by atoms with Crippen molar-refractivity contribution < 1.29 is 0 Å². The van der Waals surface area contributed by atoms with Gasteiger partial charge in [0.05, 0.1) is 5.69 Å². The zero-order valence-electron chi connectivity index (χ0n) is 48.6. The van der Waals surface area contributed by atoms with Crippen LogP contribution in [0.15, 0.2) is 340 Å². The maximum absolute atomic E-state index is 2.45. The summed E-state index contributed by atoms with van der Waals surface area (Å²) in [5.74, 6) is 0. The molecule has 0 atom stereocenters. The molecule has 0 unspecified atom stereocenters. The van der Waals surface area contributed by atoms with Crippen molar-refractivity contribution in [3.05, 3.63) is 340 Å². The fraction of sp³-hybridized carbons (Fsp3) is 0. The second kappa shape index (κ2) is 21.9. The summed E-state index contributed by atoms with van der Waals surface area (Å²) < 4.78 is 2.63. The Bertz CT molecular complexity index is 5560. The number of nitrogens with zero attached hydrogens (tertiary/aromatic N) is 2. The van der Waals surface area contributed by atoms with E-state index in [9.17, 15) is 0 Å². The Morgan fingerprint density at radius 2 is 0.652 bits per heavy atom. The lowest BCUT2D eigenvalue weighted by Gasteiger charge is -2.29.